The summed E-state index contributed by atoms with van der Waals surface area (Å²) >= 11 is 5.77. The normalized spacial score (nSPS) is 15.3. The highest BCUT2D eigenvalue weighted by atomic mass is 35.5. The third-order valence-corrected chi connectivity index (χ3v) is 3.79. The van der Waals surface area contributed by atoms with Gasteiger partial charge in [-0.25, -0.2) is 0 Å². The number of hydrogen-bond acceptors (Lipinski definition) is 3. The number of unbranched alkanes of at least 4 members (excludes halogenated alkanes) is 1. The fraction of sp³-hybridized carbons (Fsp3) is 0.467. The lowest BCUT2D eigenvalue weighted by atomic mass is 10.1. The Hall–Kier alpha value is -1.75. The van der Waals surface area contributed by atoms with E-state index in [0.717, 1.165) is 18.6 Å². The highest BCUT2D eigenvalue weighted by Gasteiger charge is 2.56. The zero-order chi connectivity index (χ0) is 15.3. The summed E-state index contributed by atoms with van der Waals surface area (Å²) in [6, 6.07) is 7.12. The Morgan fingerprint density at radius 1 is 1.24 bits per heavy atom. The first-order valence-electron chi connectivity index (χ1n) is 6.95. The number of halogens is 1. The van der Waals surface area contributed by atoms with Crippen molar-refractivity contribution in [2.45, 2.75) is 25.7 Å². The minimum atomic E-state index is -1.15. The van der Waals surface area contributed by atoms with Gasteiger partial charge in [0.25, 0.3) is 0 Å². The Kier molecular flexibility index (Phi) is 5.07. The summed E-state index contributed by atoms with van der Waals surface area (Å²) in [5.41, 5.74) is -1.15. The second kappa shape index (κ2) is 6.80. The lowest BCUT2D eigenvalue weighted by molar-refractivity contribution is -0.149. The SMILES string of the molecule is O=C(O)C1(C(=O)NCCCCOc2ccc(Cl)cc2)CC1. The van der Waals surface area contributed by atoms with Crippen LogP contribution >= 0.6 is 11.6 Å². The fourth-order valence-corrected chi connectivity index (χ4v) is 2.11. The van der Waals surface area contributed by atoms with E-state index in [-0.39, 0.29) is 5.91 Å². The Bertz CT molecular complexity index is 511. The van der Waals surface area contributed by atoms with Gasteiger partial charge in [0.1, 0.15) is 11.2 Å². The third kappa shape index (κ3) is 4.11. The van der Waals surface area contributed by atoms with Crippen molar-refractivity contribution < 1.29 is 19.4 Å². The molecule has 1 aliphatic carbocycles. The van der Waals surface area contributed by atoms with Gasteiger partial charge in [0.05, 0.1) is 6.61 Å². The topological polar surface area (TPSA) is 75.6 Å². The molecule has 0 saturated heterocycles. The quantitative estimate of drug-likeness (QED) is 0.571. The predicted molar refractivity (Wildman–Crippen MR) is 78.5 cm³/mol. The molecule has 114 valence electrons. The smallest absolute Gasteiger partial charge is 0.319 e. The number of hydrogen-bond donors (Lipinski definition) is 2. The molecule has 5 nitrogen and oxygen atoms in total. The maximum absolute atomic E-state index is 11.7. The molecule has 2 rings (SSSR count). The van der Waals surface area contributed by atoms with Crippen LogP contribution < -0.4 is 10.1 Å². The van der Waals surface area contributed by atoms with Gasteiger partial charge >= 0.3 is 5.97 Å². The molecule has 0 heterocycles. The number of aliphatic carboxylic acids is 1. The van der Waals surface area contributed by atoms with E-state index in [4.69, 9.17) is 21.4 Å². The summed E-state index contributed by atoms with van der Waals surface area (Å²) in [6.45, 7) is 1.01. The van der Waals surface area contributed by atoms with E-state index in [0.29, 0.717) is 31.0 Å². The zero-order valence-electron chi connectivity index (χ0n) is 11.6. The molecule has 0 atom stereocenters. The van der Waals surface area contributed by atoms with Gasteiger partial charge in [0.15, 0.2) is 0 Å². The molecule has 0 radical (unpaired) electrons. The van der Waals surface area contributed by atoms with E-state index in [9.17, 15) is 9.59 Å². The number of amides is 1. The summed E-state index contributed by atoms with van der Waals surface area (Å²) in [4.78, 5) is 22.7. The third-order valence-electron chi connectivity index (χ3n) is 3.53. The number of rotatable bonds is 8. The first kappa shape index (κ1) is 15.6. The molecule has 21 heavy (non-hydrogen) atoms. The van der Waals surface area contributed by atoms with Gasteiger partial charge in [-0.2, -0.15) is 0 Å². The van der Waals surface area contributed by atoms with Crippen LogP contribution in [0.1, 0.15) is 25.7 Å². The van der Waals surface area contributed by atoms with Gasteiger partial charge in [0.2, 0.25) is 5.91 Å². The molecule has 1 fully saturated rings. The molecular weight excluding hydrogens is 294 g/mol. The highest BCUT2D eigenvalue weighted by Crippen LogP contribution is 2.46. The second-order valence-electron chi connectivity index (χ2n) is 5.15. The molecular formula is C15H18ClNO4. The van der Waals surface area contributed by atoms with Crippen molar-refractivity contribution in [3.63, 3.8) is 0 Å². The number of benzene rings is 1. The zero-order valence-corrected chi connectivity index (χ0v) is 12.4. The van der Waals surface area contributed by atoms with Gasteiger partial charge in [-0.3, -0.25) is 9.59 Å². The summed E-state index contributed by atoms with van der Waals surface area (Å²) in [7, 11) is 0. The van der Waals surface area contributed by atoms with Crippen LogP contribution in [0.15, 0.2) is 24.3 Å². The van der Waals surface area contributed by atoms with Crippen molar-refractivity contribution >= 4 is 23.5 Å². The first-order chi connectivity index (χ1) is 10.0. The standard InChI is InChI=1S/C15H18ClNO4/c16-11-3-5-12(6-4-11)21-10-2-1-9-17-13(18)15(7-8-15)14(19)20/h3-6H,1-2,7-10H2,(H,17,18)(H,19,20). The molecule has 0 unspecified atom stereocenters. The van der Waals surface area contributed by atoms with E-state index < -0.39 is 11.4 Å². The molecule has 1 aromatic rings. The molecule has 1 saturated carbocycles. The maximum Gasteiger partial charge on any atom is 0.319 e. The Labute approximate surface area is 128 Å². The van der Waals surface area contributed by atoms with E-state index in [1.54, 1.807) is 24.3 Å². The minimum Gasteiger partial charge on any atom is -0.494 e. The summed E-state index contributed by atoms with van der Waals surface area (Å²) in [6.07, 6.45) is 2.40. The monoisotopic (exact) mass is 311 g/mol. The van der Waals surface area contributed by atoms with Crippen LogP contribution in [0.4, 0.5) is 0 Å². The van der Waals surface area contributed by atoms with Gasteiger partial charge in [-0.05, 0) is 49.9 Å². The van der Waals surface area contributed by atoms with E-state index in [1.807, 2.05) is 0 Å². The van der Waals surface area contributed by atoms with Crippen LogP contribution in [-0.4, -0.2) is 30.1 Å². The number of carbonyl (C=O) groups excluding carboxylic acids is 1. The molecule has 1 amide bonds. The highest BCUT2D eigenvalue weighted by molar-refractivity contribution is 6.30. The van der Waals surface area contributed by atoms with Crippen molar-refractivity contribution in [1.29, 1.82) is 0 Å². The van der Waals surface area contributed by atoms with Gasteiger partial charge < -0.3 is 15.2 Å². The summed E-state index contributed by atoms with van der Waals surface area (Å²) in [5.74, 6) is -0.633. The van der Waals surface area contributed by atoms with Crippen LogP contribution in [0.5, 0.6) is 5.75 Å². The van der Waals surface area contributed by atoms with Crippen molar-refractivity contribution in [2.24, 2.45) is 5.41 Å². The average Bonchev–Trinajstić information content (AvgIpc) is 3.26. The average molecular weight is 312 g/mol. The van der Waals surface area contributed by atoms with Gasteiger partial charge in [-0.15, -0.1) is 0 Å². The largest absolute Gasteiger partial charge is 0.494 e. The number of carboxylic acids is 1. The molecule has 2 N–H and O–H groups in total. The van der Waals surface area contributed by atoms with Crippen LogP contribution in [0.25, 0.3) is 0 Å². The number of carbonyl (C=O) groups is 2. The minimum absolute atomic E-state index is 0.367. The van der Waals surface area contributed by atoms with E-state index in [2.05, 4.69) is 5.32 Å². The summed E-state index contributed by atoms with van der Waals surface area (Å²) < 4.78 is 5.52. The lowest BCUT2D eigenvalue weighted by Crippen LogP contribution is -2.37. The molecule has 0 spiro atoms. The molecule has 6 heteroatoms. The number of ether oxygens (including phenoxy) is 1. The van der Waals surface area contributed by atoms with Crippen molar-refractivity contribution in [3.8, 4) is 5.75 Å². The van der Waals surface area contributed by atoms with Crippen molar-refractivity contribution in [2.75, 3.05) is 13.2 Å². The number of nitrogens with one attached hydrogen (secondary N) is 1. The number of carboxylic acid groups (broad SMARTS) is 1. The van der Waals surface area contributed by atoms with Crippen molar-refractivity contribution in [1.82, 2.24) is 5.32 Å². The molecule has 0 aromatic heterocycles. The van der Waals surface area contributed by atoms with E-state index >= 15 is 0 Å². The fourth-order valence-electron chi connectivity index (χ4n) is 1.98. The molecule has 1 aliphatic rings. The second-order valence-corrected chi connectivity index (χ2v) is 5.59. The van der Waals surface area contributed by atoms with E-state index in [1.165, 1.54) is 0 Å². The van der Waals surface area contributed by atoms with Crippen molar-refractivity contribution in [3.05, 3.63) is 29.3 Å². The predicted octanol–water partition coefficient (Wildman–Crippen LogP) is 2.48. The Balaban J connectivity index is 1.57. The maximum atomic E-state index is 11.7. The first-order valence-corrected chi connectivity index (χ1v) is 7.32. The van der Waals surface area contributed by atoms with Crippen LogP contribution in [0.3, 0.4) is 0 Å². The Morgan fingerprint density at radius 2 is 1.90 bits per heavy atom. The summed E-state index contributed by atoms with van der Waals surface area (Å²) in [5, 5.41) is 12.3. The van der Waals surface area contributed by atoms with Gasteiger partial charge in [-0.1, -0.05) is 11.6 Å². The van der Waals surface area contributed by atoms with Crippen LogP contribution in [0, 0.1) is 5.41 Å². The van der Waals surface area contributed by atoms with Crippen LogP contribution in [-0.2, 0) is 9.59 Å². The molecule has 0 aliphatic heterocycles. The molecule has 1 aromatic carbocycles. The Morgan fingerprint density at radius 3 is 2.48 bits per heavy atom. The lowest BCUT2D eigenvalue weighted by Gasteiger charge is -2.11. The van der Waals surface area contributed by atoms with Gasteiger partial charge in [0, 0.05) is 11.6 Å². The van der Waals surface area contributed by atoms with Crippen LogP contribution in [0.2, 0.25) is 5.02 Å². The molecule has 0 bridgehead atoms.